The van der Waals surface area contributed by atoms with Crippen LogP contribution in [-0.2, 0) is 81.2 Å². The minimum Gasteiger partial charge on any atom is -0.379 e. The first-order chi connectivity index (χ1) is 37.0. The lowest BCUT2D eigenvalue weighted by molar-refractivity contribution is -0.108. The van der Waals surface area contributed by atoms with E-state index in [1.165, 1.54) is 29.9 Å². The number of halogens is 1. The molecule has 3 unspecified atom stereocenters. The van der Waals surface area contributed by atoms with E-state index in [4.69, 9.17) is 73.5 Å². The number of hydroxylamine groups is 1. The largest absolute Gasteiger partial charge is 0.379 e. The zero-order chi connectivity index (χ0) is 53.1. The summed E-state index contributed by atoms with van der Waals surface area (Å²) in [5.41, 5.74) is 5.05. The predicted octanol–water partition coefficient (Wildman–Crippen LogP) is 6.70. The first kappa shape index (κ1) is 65.3. The Kier molecular flexibility index (Phi) is 38.8. The van der Waals surface area contributed by atoms with E-state index < -0.39 is 0 Å². The molecule has 2 heterocycles. The van der Waals surface area contributed by atoms with Crippen LogP contribution >= 0.6 is 23.4 Å². The zero-order valence-electron chi connectivity index (χ0n) is 45.6. The fourth-order valence-electron chi connectivity index (χ4n) is 8.41. The summed E-state index contributed by atoms with van der Waals surface area (Å²) in [6, 6.07) is 8.81. The summed E-state index contributed by atoms with van der Waals surface area (Å²) in [4.78, 5) is 25.3. The molecule has 430 valence electrons. The number of hydrogen-bond donors (Lipinski definition) is 1. The molecule has 1 aliphatic carbocycles. The maximum Gasteiger partial charge on any atom is 0.121 e. The standard InChI is InChI=1S/C54H93ClN6O13S/c1-4-5-6-7-20-63-22-24-65-26-28-67-30-32-69-34-36-71-38-40-73-41-39-72-37-35-70-33-31-68-29-27-66-25-23-64-21-18-60-44-51(58-59-60)43-56-74-45-53(42-48-9-13-50(55)14-10-48)61(17-8-19-62)52-15-11-49(12-16-52)54-57-46(2)47(3)75-54/h9-10,13-14,19,44,46-47,49,52-53,56H,4-8,11-12,15-18,20-43,45H2,1-3H3. The fourth-order valence-corrected chi connectivity index (χ4v) is 9.83. The predicted molar refractivity (Wildman–Crippen MR) is 292 cm³/mol. The van der Waals surface area contributed by atoms with Gasteiger partial charge in [-0.05, 0) is 63.1 Å². The SMILES string of the molecule is CCCCCCOCCOCCOCCOCCOCCOCCOCCOCCOCCOCCOCCn1cc(CNOCC(Cc2ccc(Cl)cc2)N(CCC=O)C2CCC(C3=NC(C)C(C)S3)CC2)nn1. The number of ether oxygens (including phenoxy) is 11. The number of benzene rings is 1. The average Bonchev–Trinajstić information content (AvgIpc) is 4.03. The number of carbonyl (C=O) groups is 1. The van der Waals surface area contributed by atoms with Gasteiger partial charge in [-0.1, -0.05) is 62.1 Å². The summed E-state index contributed by atoms with van der Waals surface area (Å²) < 4.78 is 63.0. The minimum atomic E-state index is 0.0586. The fraction of sp³-hybridized carbons (Fsp3) is 0.815. The highest BCUT2D eigenvalue weighted by Crippen LogP contribution is 2.38. The maximum absolute atomic E-state index is 11.6. The van der Waals surface area contributed by atoms with Crippen molar-refractivity contribution in [3.8, 4) is 0 Å². The van der Waals surface area contributed by atoms with Crippen LogP contribution in [0.2, 0.25) is 5.02 Å². The van der Waals surface area contributed by atoms with Crippen LogP contribution in [0.15, 0.2) is 35.5 Å². The van der Waals surface area contributed by atoms with E-state index in [0.717, 1.165) is 57.1 Å². The molecular formula is C54H93ClN6O13S. The van der Waals surface area contributed by atoms with Crippen LogP contribution in [0.1, 0.15) is 89.8 Å². The van der Waals surface area contributed by atoms with Gasteiger partial charge in [0.25, 0.3) is 0 Å². The number of unbranched alkanes of at least 4 members (excludes halogenated alkanes) is 3. The molecule has 0 bridgehead atoms. The Morgan fingerprint density at radius 2 is 1.17 bits per heavy atom. The quantitative estimate of drug-likeness (QED) is 0.0419. The van der Waals surface area contributed by atoms with Crippen molar-refractivity contribution in [3.05, 3.63) is 46.7 Å². The Morgan fingerprint density at radius 3 is 1.64 bits per heavy atom. The van der Waals surface area contributed by atoms with Crippen molar-refractivity contribution in [2.45, 2.75) is 121 Å². The van der Waals surface area contributed by atoms with Gasteiger partial charge in [-0.2, -0.15) is 5.48 Å². The van der Waals surface area contributed by atoms with Crippen molar-refractivity contribution in [2.24, 2.45) is 10.9 Å². The van der Waals surface area contributed by atoms with Gasteiger partial charge >= 0.3 is 0 Å². The van der Waals surface area contributed by atoms with Crippen LogP contribution in [-0.4, -0.2) is 213 Å². The van der Waals surface area contributed by atoms with Crippen molar-refractivity contribution < 1.29 is 61.7 Å². The van der Waals surface area contributed by atoms with Gasteiger partial charge in [0.05, 0.1) is 175 Å². The Bertz CT molecular complexity index is 1680. The second-order valence-corrected chi connectivity index (χ2v) is 20.4. The van der Waals surface area contributed by atoms with Crippen LogP contribution < -0.4 is 5.48 Å². The van der Waals surface area contributed by atoms with Crippen LogP contribution in [0, 0.1) is 5.92 Å². The Morgan fingerprint density at radius 1 is 0.680 bits per heavy atom. The minimum absolute atomic E-state index is 0.0586. The molecule has 2 aromatic rings. The van der Waals surface area contributed by atoms with Crippen molar-refractivity contribution >= 4 is 34.7 Å². The van der Waals surface area contributed by atoms with Gasteiger partial charge in [0.1, 0.15) is 6.29 Å². The van der Waals surface area contributed by atoms with E-state index in [-0.39, 0.29) is 6.04 Å². The van der Waals surface area contributed by atoms with Crippen LogP contribution in [0.5, 0.6) is 0 Å². The molecule has 1 aromatic carbocycles. The van der Waals surface area contributed by atoms with Gasteiger partial charge in [0.2, 0.25) is 0 Å². The smallest absolute Gasteiger partial charge is 0.121 e. The van der Waals surface area contributed by atoms with Gasteiger partial charge in [0, 0.05) is 54.0 Å². The number of thioether (sulfide) groups is 1. The third-order valence-corrected chi connectivity index (χ3v) is 14.4. The normalized spacial score (nSPS) is 18.3. The summed E-state index contributed by atoms with van der Waals surface area (Å²) in [5.74, 6) is 0.533. The second kappa shape index (κ2) is 44.6. The molecule has 4 rings (SSSR count). The van der Waals surface area contributed by atoms with Crippen molar-refractivity contribution in [1.82, 2.24) is 25.4 Å². The molecule has 1 saturated carbocycles. The van der Waals surface area contributed by atoms with E-state index in [1.807, 2.05) is 30.1 Å². The summed E-state index contributed by atoms with van der Waals surface area (Å²) in [6.07, 6.45) is 13.4. The number of carbonyl (C=O) groups excluding carboxylic acids is 1. The van der Waals surface area contributed by atoms with E-state index in [0.29, 0.717) is 200 Å². The molecular weight excluding hydrogens is 1010 g/mol. The third kappa shape index (κ3) is 31.8. The van der Waals surface area contributed by atoms with E-state index in [1.54, 1.807) is 4.68 Å². The molecule has 0 spiro atoms. The van der Waals surface area contributed by atoms with E-state index >= 15 is 0 Å². The molecule has 75 heavy (non-hydrogen) atoms. The molecule has 19 nitrogen and oxygen atoms in total. The number of nitrogens with zero attached hydrogens (tertiary/aromatic N) is 5. The van der Waals surface area contributed by atoms with Crippen LogP contribution in [0.25, 0.3) is 0 Å². The number of hydrogen-bond acceptors (Lipinski definition) is 19. The van der Waals surface area contributed by atoms with Crippen molar-refractivity contribution in [2.75, 3.05) is 159 Å². The van der Waals surface area contributed by atoms with Gasteiger partial charge in [-0.3, -0.25) is 14.7 Å². The first-order valence-electron chi connectivity index (χ1n) is 27.7. The second-order valence-electron chi connectivity index (χ2n) is 18.6. The number of aldehydes is 1. The topological polar surface area (TPSA) is 186 Å². The average molecular weight is 1100 g/mol. The molecule has 0 radical (unpaired) electrons. The number of aromatic nitrogens is 3. The maximum atomic E-state index is 11.6. The molecule has 0 amide bonds. The molecule has 1 aromatic heterocycles. The summed E-state index contributed by atoms with van der Waals surface area (Å²) in [7, 11) is 0. The van der Waals surface area contributed by atoms with Gasteiger partial charge < -0.3 is 56.9 Å². The molecule has 1 N–H and O–H groups in total. The molecule has 3 atom stereocenters. The van der Waals surface area contributed by atoms with Crippen LogP contribution in [0.3, 0.4) is 0 Å². The van der Waals surface area contributed by atoms with Gasteiger partial charge in [0.15, 0.2) is 0 Å². The molecule has 0 saturated heterocycles. The molecule has 1 fully saturated rings. The Labute approximate surface area is 457 Å². The van der Waals surface area contributed by atoms with Gasteiger partial charge in [-0.15, -0.1) is 16.9 Å². The number of nitrogens with one attached hydrogen (secondary N) is 1. The Hall–Kier alpha value is -2.22. The highest BCUT2D eigenvalue weighted by atomic mass is 35.5. The Balaban J connectivity index is 0.896. The molecule has 2 aliphatic rings. The molecule has 21 heteroatoms. The monoisotopic (exact) mass is 1100 g/mol. The highest BCUT2D eigenvalue weighted by molar-refractivity contribution is 8.14. The number of aliphatic imine (C=N–C) groups is 1. The van der Waals surface area contributed by atoms with E-state index in [9.17, 15) is 4.79 Å². The first-order valence-corrected chi connectivity index (χ1v) is 29.0. The lowest BCUT2D eigenvalue weighted by Crippen LogP contribution is -2.49. The highest BCUT2D eigenvalue weighted by Gasteiger charge is 2.35. The number of rotatable bonds is 51. The van der Waals surface area contributed by atoms with Crippen LogP contribution in [0.4, 0.5) is 0 Å². The summed E-state index contributed by atoms with van der Waals surface area (Å²) in [6.45, 7) is 20.4. The summed E-state index contributed by atoms with van der Waals surface area (Å²) in [5, 5.41) is 11.1. The lowest BCUT2D eigenvalue weighted by Gasteiger charge is -2.41. The van der Waals surface area contributed by atoms with Crippen molar-refractivity contribution in [3.63, 3.8) is 0 Å². The molecule has 1 aliphatic heterocycles. The van der Waals surface area contributed by atoms with Gasteiger partial charge in [-0.25, -0.2) is 4.68 Å². The van der Waals surface area contributed by atoms with E-state index in [2.05, 4.69) is 53.6 Å². The summed E-state index contributed by atoms with van der Waals surface area (Å²) >= 11 is 8.19. The third-order valence-electron chi connectivity index (χ3n) is 12.7. The van der Waals surface area contributed by atoms with Crippen molar-refractivity contribution in [1.29, 1.82) is 0 Å². The zero-order valence-corrected chi connectivity index (χ0v) is 47.2. The lowest BCUT2D eigenvalue weighted by atomic mass is 9.84.